The van der Waals surface area contributed by atoms with E-state index in [4.69, 9.17) is 28.1 Å². The molecule has 248 valence electrons. The number of ether oxygens (including phenoxy) is 5. The summed E-state index contributed by atoms with van der Waals surface area (Å²) in [5, 5.41) is 82.0. The van der Waals surface area contributed by atoms with Crippen LogP contribution in [0.15, 0.2) is 59.0 Å². The summed E-state index contributed by atoms with van der Waals surface area (Å²) in [7, 11) is 2.62. The van der Waals surface area contributed by atoms with E-state index in [0.29, 0.717) is 5.56 Å². The maximum Gasteiger partial charge on any atom is 0.402 e. The number of aromatic hydroxyl groups is 5. The lowest BCUT2D eigenvalue weighted by molar-refractivity contribution is -0.278. The third kappa shape index (κ3) is 6.87. The predicted molar refractivity (Wildman–Crippen MR) is 161 cm³/mol. The Labute approximate surface area is 265 Å². The summed E-state index contributed by atoms with van der Waals surface area (Å²) < 4.78 is 33.3. The molecule has 1 aliphatic rings. The molecule has 8 N–H and O–H groups in total. The van der Waals surface area contributed by atoms with Gasteiger partial charge in [-0.15, -0.1) is 0 Å². The van der Waals surface area contributed by atoms with Crippen molar-refractivity contribution in [1.29, 1.82) is 0 Å². The maximum atomic E-state index is 12.4. The number of phenols is 5. The minimum Gasteiger partial charge on any atom is -0.507 e. The lowest BCUT2D eigenvalue weighted by Gasteiger charge is -2.39. The highest BCUT2D eigenvalue weighted by molar-refractivity contribution is 5.89. The van der Waals surface area contributed by atoms with Crippen LogP contribution in [0.1, 0.15) is 5.56 Å². The van der Waals surface area contributed by atoms with Crippen molar-refractivity contribution in [2.24, 2.45) is 0 Å². The number of carbonyl (C=O) groups is 1. The Hall–Kier alpha value is -5.48. The lowest BCUT2D eigenvalue weighted by atomic mass is 9.99. The molecule has 0 amide bonds. The molecule has 1 fully saturated rings. The summed E-state index contributed by atoms with van der Waals surface area (Å²) in [4.78, 5) is 12.4. The molecule has 15 heteroatoms. The standard InChI is InChI=1S/C32H30O15/c1-42-22-8-15(9-23(43-2)27(22)38)31-24(12-17-19(35)10-16(33)11-21(17)45-31)46-32-30(41)29(40)28(39)25(47-32)13-44-26(37)6-4-14-3-5-18(34)20(36)7-14/h3-12,25,28-30,32,39-41H,13H2,1-2H3,(H4-,33,34,35,36,37,38)/p+1/t25?,28-,29?,30?,32-/m1/s1. The van der Waals surface area contributed by atoms with Gasteiger partial charge >= 0.3 is 17.3 Å². The van der Waals surface area contributed by atoms with E-state index in [1.54, 1.807) is 0 Å². The zero-order valence-electron chi connectivity index (χ0n) is 24.8. The Morgan fingerprint density at radius 3 is 2.19 bits per heavy atom. The molecule has 0 radical (unpaired) electrons. The third-order valence-electron chi connectivity index (χ3n) is 7.27. The van der Waals surface area contributed by atoms with Crippen LogP contribution in [0.3, 0.4) is 0 Å². The molecule has 4 aromatic rings. The first-order chi connectivity index (χ1) is 22.4. The SMILES string of the molecule is COc1cc(-c2[o+]c3cc(O)cc(O)c3cc2O[C@@H]2OC(COC(=O)/C=C/c3ccc(O)c(O)c3)[C@@H](O)C(O)C2O)cc(OC)c1O. The average molecular weight is 656 g/mol. The van der Waals surface area contributed by atoms with Gasteiger partial charge in [0.15, 0.2) is 23.0 Å². The summed E-state index contributed by atoms with van der Waals surface area (Å²) >= 11 is 0. The first-order valence-electron chi connectivity index (χ1n) is 13.9. The van der Waals surface area contributed by atoms with Gasteiger partial charge in [0, 0.05) is 30.3 Å². The van der Waals surface area contributed by atoms with Gasteiger partial charge in [-0.2, -0.15) is 0 Å². The van der Waals surface area contributed by atoms with Gasteiger partial charge in [0.1, 0.15) is 47.9 Å². The molecule has 1 saturated heterocycles. The van der Waals surface area contributed by atoms with Crippen LogP contribution in [-0.4, -0.2) is 98.4 Å². The smallest absolute Gasteiger partial charge is 0.402 e. The Kier molecular flexibility index (Phi) is 9.44. The molecule has 0 aliphatic carbocycles. The lowest BCUT2D eigenvalue weighted by Crippen LogP contribution is -2.60. The molecule has 2 heterocycles. The number of rotatable bonds is 9. The summed E-state index contributed by atoms with van der Waals surface area (Å²) in [6.45, 7) is -0.587. The highest BCUT2D eigenvalue weighted by atomic mass is 16.7. The van der Waals surface area contributed by atoms with Crippen molar-refractivity contribution >= 4 is 23.0 Å². The van der Waals surface area contributed by atoms with Gasteiger partial charge in [0.05, 0.1) is 25.8 Å². The van der Waals surface area contributed by atoms with E-state index in [2.05, 4.69) is 0 Å². The van der Waals surface area contributed by atoms with Crippen molar-refractivity contribution in [3.05, 3.63) is 60.2 Å². The van der Waals surface area contributed by atoms with Crippen molar-refractivity contribution in [1.82, 2.24) is 0 Å². The van der Waals surface area contributed by atoms with Crippen LogP contribution < -0.4 is 14.2 Å². The molecular formula is C32H31O15+. The zero-order chi connectivity index (χ0) is 34.0. The summed E-state index contributed by atoms with van der Waals surface area (Å²) in [5.74, 6) is -2.88. The van der Waals surface area contributed by atoms with Crippen LogP contribution in [-0.2, 0) is 14.3 Å². The molecule has 0 saturated carbocycles. The van der Waals surface area contributed by atoms with Gasteiger partial charge in [-0.3, -0.25) is 0 Å². The van der Waals surface area contributed by atoms with Crippen molar-refractivity contribution in [2.75, 3.05) is 20.8 Å². The molecule has 5 atom stereocenters. The zero-order valence-corrected chi connectivity index (χ0v) is 24.8. The number of esters is 1. The van der Waals surface area contributed by atoms with Crippen molar-refractivity contribution < 1.29 is 73.7 Å². The van der Waals surface area contributed by atoms with Gasteiger partial charge in [-0.25, -0.2) is 9.21 Å². The molecule has 3 aromatic carbocycles. The number of fused-ring (bicyclic) bond motifs is 1. The summed E-state index contributed by atoms with van der Waals surface area (Å²) in [6.07, 6.45) is -6.14. The Morgan fingerprint density at radius 2 is 1.53 bits per heavy atom. The Morgan fingerprint density at radius 1 is 0.830 bits per heavy atom. The van der Waals surface area contributed by atoms with E-state index >= 15 is 0 Å². The van der Waals surface area contributed by atoms with Gasteiger partial charge < -0.3 is 64.5 Å². The number of aliphatic hydroxyl groups excluding tert-OH is 3. The monoisotopic (exact) mass is 655 g/mol. The van der Waals surface area contributed by atoms with Crippen LogP contribution in [0.25, 0.3) is 28.4 Å². The van der Waals surface area contributed by atoms with E-state index in [1.807, 2.05) is 0 Å². The van der Waals surface area contributed by atoms with E-state index in [1.165, 1.54) is 62.8 Å². The second-order valence-electron chi connectivity index (χ2n) is 10.4. The molecular weight excluding hydrogens is 624 g/mol. The first kappa shape index (κ1) is 32.9. The number of hydrogen-bond donors (Lipinski definition) is 8. The molecule has 47 heavy (non-hydrogen) atoms. The van der Waals surface area contributed by atoms with E-state index in [-0.39, 0.29) is 62.5 Å². The average Bonchev–Trinajstić information content (AvgIpc) is 3.05. The fourth-order valence-corrected chi connectivity index (χ4v) is 4.79. The molecule has 15 nitrogen and oxygen atoms in total. The van der Waals surface area contributed by atoms with Crippen molar-refractivity contribution in [2.45, 2.75) is 30.7 Å². The van der Waals surface area contributed by atoms with Gasteiger partial charge in [0.25, 0.3) is 0 Å². The summed E-state index contributed by atoms with van der Waals surface area (Å²) in [5.41, 5.74) is 0.595. The quantitative estimate of drug-likeness (QED) is 0.0559. The minimum atomic E-state index is -1.83. The fourth-order valence-electron chi connectivity index (χ4n) is 4.79. The summed E-state index contributed by atoms with van der Waals surface area (Å²) in [6, 6.07) is 10.2. The highest BCUT2D eigenvalue weighted by Gasteiger charge is 2.46. The molecule has 0 bridgehead atoms. The fraction of sp³-hybridized carbons (Fsp3) is 0.250. The largest absolute Gasteiger partial charge is 0.507 e. The second kappa shape index (κ2) is 13.5. The van der Waals surface area contributed by atoms with Crippen LogP contribution in [0.4, 0.5) is 0 Å². The van der Waals surface area contributed by atoms with Crippen molar-refractivity contribution in [3.63, 3.8) is 0 Å². The van der Waals surface area contributed by atoms with Gasteiger partial charge in [0.2, 0.25) is 17.8 Å². The van der Waals surface area contributed by atoms with E-state index < -0.39 is 49.0 Å². The van der Waals surface area contributed by atoms with E-state index in [9.17, 15) is 45.6 Å². The van der Waals surface area contributed by atoms with Crippen LogP contribution in [0.5, 0.6) is 46.0 Å². The maximum absolute atomic E-state index is 12.4. The van der Waals surface area contributed by atoms with Gasteiger partial charge in [-0.05, 0) is 23.8 Å². The highest BCUT2D eigenvalue weighted by Crippen LogP contribution is 2.45. The number of carbonyl (C=O) groups excluding carboxylic acids is 1. The molecule has 1 aromatic heterocycles. The Bertz CT molecular complexity index is 1800. The number of phenolic OH excluding ortho intramolecular Hbond substituents is 5. The minimum absolute atomic E-state index is 0.00927. The van der Waals surface area contributed by atoms with E-state index in [0.717, 1.165) is 12.1 Å². The molecule has 3 unspecified atom stereocenters. The predicted octanol–water partition coefficient (Wildman–Crippen LogP) is 2.37. The van der Waals surface area contributed by atoms with Gasteiger partial charge in [-0.1, -0.05) is 6.07 Å². The topological polar surface area (TPSA) is 236 Å². The van der Waals surface area contributed by atoms with Crippen molar-refractivity contribution in [3.8, 4) is 57.3 Å². The third-order valence-corrected chi connectivity index (χ3v) is 7.27. The number of methoxy groups -OCH3 is 2. The first-order valence-corrected chi connectivity index (χ1v) is 13.9. The second-order valence-corrected chi connectivity index (χ2v) is 10.4. The molecule has 0 spiro atoms. The van der Waals surface area contributed by atoms with Crippen LogP contribution >= 0.6 is 0 Å². The number of benzene rings is 3. The van der Waals surface area contributed by atoms with Crippen LogP contribution in [0.2, 0.25) is 0 Å². The number of aliphatic hydroxyl groups is 3. The normalized spacial score (nSPS) is 21.1. The Balaban J connectivity index is 1.43. The van der Waals surface area contributed by atoms with Crippen LogP contribution in [0, 0.1) is 0 Å². The molecule has 1 aliphatic heterocycles. The number of hydrogen-bond acceptors (Lipinski definition) is 14. The molecule has 5 rings (SSSR count).